The van der Waals surface area contributed by atoms with Gasteiger partial charge in [0, 0.05) is 12.3 Å². The first-order chi connectivity index (χ1) is 13.1. The maximum Gasteiger partial charge on any atom is 0.490 e. The molecule has 16 nitrogen and oxygen atoms in total. The molecule has 1 fully saturated rings. The highest BCUT2D eigenvalue weighted by Gasteiger charge is 2.46. The van der Waals surface area contributed by atoms with Crippen molar-refractivity contribution in [2.24, 2.45) is 0 Å². The third-order valence-corrected chi connectivity index (χ3v) is 7.40. The van der Waals surface area contributed by atoms with Crippen molar-refractivity contribution in [3.8, 4) is 0 Å². The number of phosphoric ester groups is 1. The molecule has 1 aromatic heterocycles. The summed E-state index contributed by atoms with van der Waals surface area (Å²) < 4.78 is 51.1. The molecule has 7 N–H and O–H groups in total. The number of hydrogen-bond acceptors (Lipinski definition) is 11. The van der Waals surface area contributed by atoms with Gasteiger partial charge in [-0.05, 0) is 12.2 Å². The average molecular weight is 500 g/mol. The Morgan fingerprint density at radius 3 is 2.28 bits per heavy atom. The summed E-state index contributed by atoms with van der Waals surface area (Å²) in [5, 5.41) is 20.1. The normalized spacial score (nSPS) is 29.3. The molecule has 2 heterocycles. The molecule has 20 heteroatoms. The minimum absolute atomic E-state index is 0.165. The number of ether oxygens (including phenoxy) is 1. The van der Waals surface area contributed by atoms with E-state index in [4.69, 9.17) is 31.6 Å². The number of aromatic amines is 1. The van der Waals surface area contributed by atoms with Crippen molar-refractivity contribution >= 4 is 35.7 Å². The summed E-state index contributed by atoms with van der Waals surface area (Å²) in [5.74, 6) is 0. The number of phosphoric acid groups is 3. The molecule has 166 valence electrons. The maximum absolute atomic E-state index is 11.7. The fourth-order valence-corrected chi connectivity index (χ4v) is 5.49. The molecule has 0 bridgehead atoms. The number of aliphatic hydroxyl groups excluding tert-OH is 2. The Kier molecular flexibility index (Phi) is 7.54. The molecule has 0 spiro atoms. The van der Waals surface area contributed by atoms with Crippen LogP contribution in [0.25, 0.3) is 0 Å². The van der Waals surface area contributed by atoms with Crippen LogP contribution in [0.3, 0.4) is 0 Å². The van der Waals surface area contributed by atoms with E-state index in [2.05, 4.69) is 18.1 Å². The van der Waals surface area contributed by atoms with E-state index < -0.39 is 60.2 Å². The average Bonchev–Trinajstić information content (AvgIpc) is 2.78. The Balaban J connectivity index is 2.06. The van der Waals surface area contributed by atoms with Crippen molar-refractivity contribution in [1.82, 2.24) is 9.55 Å². The zero-order valence-corrected chi connectivity index (χ0v) is 17.3. The van der Waals surface area contributed by atoms with Crippen LogP contribution >= 0.6 is 35.7 Å². The number of hydrogen-bond donors (Lipinski definition) is 7. The third kappa shape index (κ3) is 6.95. The van der Waals surface area contributed by atoms with E-state index in [0.29, 0.717) is 0 Å². The topological polar surface area (TPSA) is 247 Å². The van der Waals surface area contributed by atoms with Crippen LogP contribution < -0.4 is 5.56 Å². The lowest BCUT2D eigenvalue weighted by atomic mass is 10.1. The Morgan fingerprint density at radius 1 is 1.10 bits per heavy atom. The zero-order chi connectivity index (χ0) is 22.2. The molecule has 0 aromatic carbocycles. The highest BCUT2D eigenvalue weighted by molar-refractivity contribution is 7.71. The largest absolute Gasteiger partial charge is 0.490 e. The lowest BCUT2D eigenvalue weighted by Gasteiger charge is -2.19. The molecule has 1 aliphatic rings. The SMILES string of the molecule is O=c1ccn([C@@H]2O[C@H](COP(=O)(O)OP(=O)(O)OP(=O)(O)O)C(O)[C@@H]2O)c(=S)[nH]1. The molecule has 1 aliphatic heterocycles. The summed E-state index contributed by atoms with van der Waals surface area (Å²) in [6, 6.07) is 1.05. The van der Waals surface area contributed by atoms with Gasteiger partial charge in [-0.2, -0.15) is 8.62 Å². The van der Waals surface area contributed by atoms with Crippen molar-refractivity contribution in [3.63, 3.8) is 0 Å². The molecular weight excluding hydrogens is 485 g/mol. The second-order valence-electron chi connectivity index (χ2n) is 5.45. The number of rotatable bonds is 8. The third-order valence-electron chi connectivity index (χ3n) is 3.28. The molecule has 1 aromatic rings. The fourth-order valence-electron chi connectivity index (χ4n) is 2.20. The Morgan fingerprint density at radius 2 is 1.72 bits per heavy atom. The summed E-state index contributed by atoms with van der Waals surface area (Å²) in [6.07, 6.45) is -4.97. The lowest BCUT2D eigenvalue weighted by molar-refractivity contribution is -0.0533. The Bertz CT molecular complexity index is 1000. The molecule has 1 saturated heterocycles. The van der Waals surface area contributed by atoms with Crippen LogP contribution in [-0.4, -0.2) is 64.3 Å². The van der Waals surface area contributed by atoms with Crippen LogP contribution in [-0.2, 0) is 31.6 Å². The van der Waals surface area contributed by atoms with Crippen molar-refractivity contribution in [2.45, 2.75) is 24.5 Å². The van der Waals surface area contributed by atoms with E-state index >= 15 is 0 Å². The second kappa shape index (κ2) is 8.86. The van der Waals surface area contributed by atoms with Crippen LogP contribution in [0.5, 0.6) is 0 Å². The maximum atomic E-state index is 11.7. The molecule has 29 heavy (non-hydrogen) atoms. The van der Waals surface area contributed by atoms with E-state index in [1.54, 1.807) is 0 Å². The van der Waals surface area contributed by atoms with Crippen molar-refractivity contribution in [3.05, 3.63) is 27.4 Å². The van der Waals surface area contributed by atoms with Crippen LogP contribution in [0, 0.1) is 4.77 Å². The van der Waals surface area contributed by atoms with Gasteiger partial charge in [-0.3, -0.25) is 18.9 Å². The van der Waals surface area contributed by atoms with Crippen molar-refractivity contribution in [2.75, 3.05) is 6.61 Å². The van der Waals surface area contributed by atoms with E-state index in [1.165, 1.54) is 0 Å². The fraction of sp³-hybridized carbons (Fsp3) is 0.556. The highest BCUT2D eigenvalue weighted by Crippen LogP contribution is 2.66. The molecule has 0 saturated carbocycles. The van der Waals surface area contributed by atoms with Gasteiger partial charge in [-0.15, -0.1) is 0 Å². The predicted octanol–water partition coefficient (Wildman–Crippen LogP) is -1.13. The summed E-state index contributed by atoms with van der Waals surface area (Å²) in [6.45, 7) is -0.977. The smallest absolute Gasteiger partial charge is 0.387 e. The molecule has 0 amide bonds. The Labute approximate surface area is 165 Å². The van der Waals surface area contributed by atoms with Crippen LogP contribution in [0.4, 0.5) is 0 Å². The van der Waals surface area contributed by atoms with Crippen molar-refractivity contribution < 1.29 is 61.4 Å². The number of nitrogens with one attached hydrogen (secondary N) is 1. The summed E-state index contributed by atoms with van der Waals surface area (Å²) in [5.41, 5.74) is -0.538. The number of aromatic nitrogens is 2. The van der Waals surface area contributed by atoms with Gasteiger partial charge in [0.15, 0.2) is 11.0 Å². The standard InChI is InChI=1S/C9H15N2O14P3S/c12-5-1-2-11(9(29)10-5)8-7(14)6(13)4(23-8)3-22-27(18,19)25-28(20,21)24-26(15,16)17/h1-2,4,6-8,13-14H,3H2,(H,18,19)(H,20,21)(H,10,12,29)(H2,15,16,17)/t4-,6?,7+,8-/m1/s1. The second-order valence-corrected chi connectivity index (χ2v) is 10.3. The molecule has 0 radical (unpaired) electrons. The van der Waals surface area contributed by atoms with Gasteiger partial charge >= 0.3 is 23.5 Å². The lowest BCUT2D eigenvalue weighted by Crippen LogP contribution is -2.34. The zero-order valence-electron chi connectivity index (χ0n) is 13.8. The monoisotopic (exact) mass is 500 g/mol. The first kappa shape index (κ1) is 24.7. The minimum Gasteiger partial charge on any atom is -0.387 e. The van der Waals surface area contributed by atoms with Crippen LogP contribution in [0.2, 0.25) is 0 Å². The van der Waals surface area contributed by atoms with Crippen LogP contribution in [0.15, 0.2) is 17.1 Å². The predicted molar refractivity (Wildman–Crippen MR) is 91.6 cm³/mol. The van der Waals surface area contributed by atoms with E-state index in [0.717, 1.165) is 16.8 Å². The van der Waals surface area contributed by atoms with Gasteiger partial charge < -0.3 is 34.5 Å². The van der Waals surface area contributed by atoms with E-state index in [1.807, 2.05) is 0 Å². The minimum atomic E-state index is -5.70. The quantitative estimate of drug-likeness (QED) is 0.165. The van der Waals surface area contributed by atoms with Gasteiger partial charge in [0.25, 0.3) is 5.56 Å². The van der Waals surface area contributed by atoms with E-state index in [9.17, 15) is 33.6 Å². The molecular formula is C9H15N2O14P3S. The number of nitrogens with zero attached hydrogens (tertiary/aromatic N) is 1. The first-order valence-electron chi connectivity index (χ1n) is 7.22. The molecule has 0 aliphatic carbocycles. The van der Waals surface area contributed by atoms with Gasteiger partial charge in [0.05, 0.1) is 6.61 Å². The summed E-state index contributed by atoms with van der Waals surface area (Å²) in [7, 11) is -16.7. The number of aliphatic hydroxyl groups is 2. The molecule has 6 atom stereocenters. The van der Waals surface area contributed by atoms with Gasteiger partial charge in [-0.1, -0.05) is 0 Å². The highest BCUT2D eigenvalue weighted by atomic mass is 32.1. The van der Waals surface area contributed by atoms with Crippen molar-refractivity contribution in [1.29, 1.82) is 0 Å². The van der Waals surface area contributed by atoms with Gasteiger partial charge in [0.2, 0.25) is 0 Å². The number of H-pyrrole nitrogens is 1. The summed E-state index contributed by atoms with van der Waals surface area (Å²) in [4.78, 5) is 48.8. The Hall–Kier alpha value is -0.610. The summed E-state index contributed by atoms with van der Waals surface area (Å²) >= 11 is 4.90. The molecule has 3 unspecified atom stereocenters. The van der Waals surface area contributed by atoms with Gasteiger partial charge in [-0.25, -0.2) is 13.7 Å². The first-order valence-corrected chi connectivity index (χ1v) is 12.1. The van der Waals surface area contributed by atoms with E-state index in [-0.39, 0.29) is 4.77 Å². The van der Waals surface area contributed by atoms with Crippen LogP contribution in [0.1, 0.15) is 6.23 Å². The molecule has 2 rings (SSSR count). The van der Waals surface area contributed by atoms with Gasteiger partial charge in [0.1, 0.15) is 18.3 Å².